The molecular weight excluding hydrogens is 1100 g/mol. The van der Waals surface area contributed by atoms with Gasteiger partial charge >= 0.3 is 24.7 Å². The summed E-state index contributed by atoms with van der Waals surface area (Å²) in [5.41, 5.74) is 6.06. The van der Waals surface area contributed by atoms with E-state index in [1.54, 1.807) is 34.1 Å². The molecule has 0 saturated carbocycles. The van der Waals surface area contributed by atoms with E-state index in [4.69, 9.17) is 0 Å². The second-order valence-corrected chi connectivity index (χ2v) is 19.8. The lowest BCUT2D eigenvalue weighted by molar-refractivity contribution is -0.138. The molecule has 84 heavy (non-hydrogen) atoms. The van der Waals surface area contributed by atoms with Gasteiger partial charge in [0.05, 0.1) is 22.3 Å². The zero-order chi connectivity index (χ0) is 59.0. The fourth-order valence-electron chi connectivity index (χ4n) is 10.2. The van der Waals surface area contributed by atoms with Crippen molar-refractivity contribution < 1.29 is 52.7 Å². The van der Waals surface area contributed by atoms with Gasteiger partial charge in [-0.25, -0.2) is 0 Å². The Labute approximate surface area is 474 Å². The minimum atomic E-state index is -4.59. The molecule has 0 atom stereocenters. The van der Waals surface area contributed by atoms with E-state index in [-0.39, 0.29) is 0 Å². The molecule has 0 aliphatic heterocycles. The molecular formula is C70H44F12N2. The molecule has 0 aliphatic rings. The smallest absolute Gasteiger partial charge is 0.311 e. The van der Waals surface area contributed by atoms with Crippen molar-refractivity contribution in [3.63, 3.8) is 0 Å². The van der Waals surface area contributed by atoms with Crippen LogP contribution in [-0.2, 0) is 24.7 Å². The van der Waals surface area contributed by atoms with Crippen molar-refractivity contribution >= 4 is 80.0 Å². The number of anilines is 6. The number of hydrogen-bond donors (Lipinski definition) is 0. The molecule has 0 amide bonds. The Kier molecular flexibility index (Phi) is 15.0. The van der Waals surface area contributed by atoms with Crippen molar-refractivity contribution in [1.29, 1.82) is 0 Å². The molecule has 0 spiro atoms. The Morgan fingerprint density at radius 1 is 0.226 bits per heavy atom. The van der Waals surface area contributed by atoms with Gasteiger partial charge in [0.25, 0.3) is 0 Å². The largest absolute Gasteiger partial charge is 0.416 e. The first kappa shape index (κ1) is 56.1. The van der Waals surface area contributed by atoms with Gasteiger partial charge in [-0.2, -0.15) is 52.7 Å². The maximum atomic E-state index is 13.6. The van der Waals surface area contributed by atoms with Crippen molar-refractivity contribution in [2.75, 3.05) is 9.80 Å². The number of halogens is 12. The Morgan fingerprint density at radius 2 is 0.452 bits per heavy atom. The van der Waals surface area contributed by atoms with Crippen LogP contribution in [0, 0.1) is 0 Å². The van der Waals surface area contributed by atoms with Crippen molar-refractivity contribution in [3.8, 4) is 22.3 Å². The number of benzene rings is 11. The molecule has 0 bridgehead atoms. The van der Waals surface area contributed by atoms with Gasteiger partial charge < -0.3 is 9.80 Å². The van der Waals surface area contributed by atoms with E-state index in [2.05, 4.69) is 48.5 Å². The fourth-order valence-corrected chi connectivity index (χ4v) is 10.2. The molecule has 0 aliphatic carbocycles. The van der Waals surface area contributed by atoms with E-state index in [9.17, 15) is 52.7 Å². The first-order valence-corrected chi connectivity index (χ1v) is 26.2. The predicted octanol–water partition coefficient (Wildman–Crippen LogP) is 22.7. The highest BCUT2D eigenvalue weighted by atomic mass is 19.4. The van der Waals surface area contributed by atoms with E-state index >= 15 is 0 Å². The number of alkyl halides is 12. The maximum Gasteiger partial charge on any atom is 0.416 e. The summed E-state index contributed by atoms with van der Waals surface area (Å²) in [6, 6.07) is 64.5. The van der Waals surface area contributed by atoms with Crippen LogP contribution in [0.3, 0.4) is 0 Å². The van der Waals surface area contributed by atoms with Gasteiger partial charge in [0.15, 0.2) is 0 Å². The molecule has 14 heteroatoms. The average molecular weight is 1140 g/mol. The second kappa shape index (κ2) is 22.5. The zero-order valence-corrected chi connectivity index (χ0v) is 43.8. The Balaban J connectivity index is 0.951. The van der Waals surface area contributed by atoms with Gasteiger partial charge in [0.1, 0.15) is 0 Å². The lowest BCUT2D eigenvalue weighted by Crippen LogP contribution is -2.12. The normalized spacial score (nSPS) is 12.4. The first-order valence-electron chi connectivity index (χ1n) is 26.2. The van der Waals surface area contributed by atoms with Crippen LogP contribution in [-0.4, -0.2) is 0 Å². The van der Waals surface area contributed by atoms with Crippen LogP contribution in [0.5, 0.6) is 0 Å². The summed E-state index contributed by atoms with van der Waals surface area (Å²) >= 11 is 0. The molecule has 0 saturated heterocycles. The average Bonchev–Trinajstić information content (AvgIpc) is 1.96. The summed E-state index contributed by atoms with van der Waals surface area (Å²) in [6.45, 7) is 0. The van der Waals surface area contributed by atoms with Crippen LogP contribution in [0.2, 0.25) is 0 Å². The molecule has 0 heterocycles. The Hall–Kier alpha value is -9.82. The molecule has 0 aromatic heterocycles. The summed E-state index contributed by atoms with van der Waals surface area (Å²) in [4.78, 5) is 3.15. The standard InChI is InChI=1S/C70H44F12N2/c71-67(72,73)51-21-33-57(34-22-51)83(58-35-23-52(24-36-58)68(74,75)76)55-29-15-45(16-30-55)11-13-47-19-41-61-63(43-47)64-44-48(20-42-62(64)66(50-9-5-2-6-10-50)65(61)49-7-3-1-4-8-49)14-12-46-17-31-56(32-18-46)84(59-37-25-53(26-38-59)69(77,78)79)60-39-27-54(28-40-60)70(80,81)82/h1-44H/b13-11+,14-12+. The number of fused-ring (bicyclic) bond motifs is 3. The topological polar surface area (TPSA) is 6.48 Å². The van der Waals surface area contributed by atoms with Crippen LogP contribution in [0.1, 0.15) is 44.5 Å². The molecule has 418 valence electrons. The molecule has 11 aromatic carbocycles. The van der Waals surface area contributed by atoms with Crippen molar-refractivity contribution in [2.45, 2.75) is 24.7 Å². The van der Waals surface area contributed by atoms with Crippen LogP contribution >= 0.6 is 0 Å². The fraction of sp³-hybridized carbons (Fsp3) is 0.0571. The predicted molar refractivity (Wildman–Crippen MR) is 312 cm³/mol. The summed E-state index contributed by atoms with van der Waals surface area (Å²) in [6.07, 6.45) is -10.6. The molecule has 0 N–H and O–H groups in total. The van der Waals surface area contributed by atoms with E-state index < -0.39 is 47.0 Å². The van der Waals surface area contributed by atoms with E-state index in [1.807, 2.05) is 97.1 Å². The lowest BCUT2D eigenvalue weighted by atomic mass is 9.84. The van der Waals surface area contributed by atoms with Gasteiger partial charge in [-0.15, -0.1) is 0 Å². The van der Waals surface area contributed by atoms with Gasteiger partial charge in [0, 0.05) is 34.1 Å². The monoisotopic (exact) mass is 1140 g/mol. The van der Waals surface area contributed by atoms with Crippen LogP contribution in [0.4, 0.5) is 86.8 Å². The van der Waals surface area contributed by atoms with Crippen molar-refractivity contribution in [1.82, 2.24) is 0 Å². The van der Waals surface area contributed by atoms with E-state index in [1.165, 1.54) is 48.5 Å². The van der Waals surface area contributed by atoms with Gasteiger partial charge in [-0.05, 0) is 200 Å². The minimum Gasteiger partial charge on any atom is -0.311 e. The molecule has 0 unspecified atom stereocenters. The quantitative estimate of drug-likeness (QED) is 0.0683. The number of rotatable bonds is 12. The molecule has 11 rings (SSSR count). The van der Waals surface area contributed by atoms with E-state index in [0.29, 0.717) is 34.1 Å². The third-order valence-corrected chi connectivity index (χ3v) is 14.3. The van der Waals surface area contributed by atoms with Crippen LogP contribution < -0.4 is 9.80 Å². The maximum absolute atomic E-state index is 13.6. The third kappa shape index (κ3) is 12.1. The van der Waals surface area contributed by atoms with Gasteiger partial charge in [-0.3, -0.25) is 0 Å². The molecule has 11 aromatic rings. The van der Waals surface area contributed by atoms with Gasteiger partial charge in [0.2, 0.25) is 0 Å². The summed E-state index contributed by atoms with van der Waals surface area (Å²) in [5.74, 6) is 0. The summed E-state index contributed by atoms with van der Waals surface area (Å²) < 4.78 is 163. The highest BCUT2D eigenvalue weighted by molar-refractivity contribution is 6.22. The van der Waals surface area contributed by atoms with Gasteiger partial charge in [-0.1, -0.05) is 133 Å². The second-order valence-electron chi connectivity index (χ2n) is 19.8. The minimum absolute atomic E-state index is 0.304. The molecule has 2 nitrogen and oxygen atoms in total. The molecule has 0 radical (unpaired) electrons. The molecule has 0 fully saturated rings. The number of nitrogens with zero attached hydrogens (tertiary/aromatic N) is 2. The van der Waals surface area contributed by atoms with Crippen LogP contribution in [0.25, 0.3) is 68.1 Å². The summed E-state index contributed by atoms with van der Waals surface area (Å²) in [5, 5.41) is 3.89. The SMILES string of the molecule is FC(F)(F)c1ccc(N(c2ccc(/C=C/c3ccc4c(-c5ccccc5)c(-c5ccccc5)c5ccc(/C=C/c6ccc(N(c7ccc(C(F)(F)F)cc7)c7ccc(C(F)(F)F)cc7)cc6)cc5c4c3)cc2)c2ccc(C(F)(F)F)cc2)cc1. The third-order valence-electron chi connectivity index (χ3n) is 14.3. The van der Waals surface area contributed by atoms with E-state index in [0.717, 1.165) is 115 Å². The number of hydrogen-bond acceptors (Lipinski definition) is 2. The Bertz CT molecular complexity index is 3780. The first-order chi connectivity index (χ1) is 40.2. The Morgan fingerprint density at radius 3 is 0.702 bits per heavy atom. The zero-order valence-electron chi connectivity index (χ0n) is 43.8. The van der Waals surface area contributed by atoms with Crippen molar-refractivity contribution in [3.05, 3.63) is 287 Å². The van der Waals surface area contributed by atoms with Crippen molar-refractivity contribution in [2.24, 2.45) is 0 Å². The lowest BCUT2D eigenvalue weighted by Gasteiger charge is -2.26. The summed E-state index contributed by atoms with van der Waals surface area (Å²) in [7, 11) is 0. The van der Waals surface area contributed by atoms with Crippen LogP contribution in [0.15, 0.2) is 243 Å². The highest BCUT2D eigenvalue weighted by Gasteiger charge is 2.34. The highest BCUT2D eigenvalue weighted by Crippen LogP contribution is 2.46.